The summed E-state index contributed by atoms with van der Waals surface area (Å²) in [6.07, 6.45) is 0.750. The van der Waals surface area contributed by atoms with Crippen molar-refractivity contribution in [2.24, 2.45) is 12.8 Å². The van der Waals surface area contributed by atoms with E-state index in [1.54, 1.807) is 0 Å². The molecule has 0 radical (unpaired) electrons. The van der Waals surface area contributed by atoms with E-state index < -0.39 is 0 Å². The monoisotopic (exact) mass is 385 g/mol. The fourth-order valence-corrected chi connectivity index (χ4v) is 3.21. The van der Waals surface area contributed by atoms with Gasteiger partial charge < -0.3 is 5.73 Å². The maximum Gasteiger partial charge on any atom is 0.0738 e. The highest BCUT2D eigenvalue weighted by atomic mass is 79.9. The predicted octanol–water partition coefficient (Wildman–Crippen LogP) is 3.80. The smallest absolute Gasteiger partial charge is 0.0738 e. The largest absolute Gasteiger partial charge is 0.324 e. The zero-order valence-corrected chi connectivity index (χ0v) is 14.4. The number of aromatic nitrogens is 2. The van der Waals surface area contributed by atoms with E-state index in [4.69, 9.17) is 5.73 Å². The van der Waals surface area contributed by atoms with Crippen molar-refractivity contribution < 1.29 is 0 Å². The molecule has 0 amide bonds. The standard InChI is InChI=1S/C14H17Br2N3/c1-8-4-5-11(15)10(6-8)12(17)7-13-14(16)9(2)18-19(13)3/h4-6,12H,7,17H2,1-3H3. The minimum absolute atomic E-state index is 0.0552. The Morgan fingerprint density at radius 3 is 2.58 bits per heavy atom. The van der Waals surface area contributed by atoms with Crippen LogP contribution in [-0.2, 0) is 13.5 Å². The lowest BCUT2D eigenvalue weighted by Gasteiger charge is -2.15. The van der Waals surface area contributed by atoms with Gasteiger partial charge >= 0.3 is 0 Å². The topological polar surface area (TPSA) is 43.8 Å². The number of hydrogen-bond donors (Lipinski definition) is 1. The van der Waals surface area contributed by atoms with Crippen molar-refractivity contribution in [2.75, 3.05) is 0 Å². The van der Waals surface area contributed by atoms with Gasteiger partial charge in [0, 0.05) is 24.0 Å². The van der Waals surface area contributed by atoms with Gasteiger partial charge in [0.05, 0.1) is 15.9 Å². The Kier molecular flexibility index (Phi) is 4.48. The van der Waals surface area contributed by atoms with Gasteiger partial charge in [-0.2, -0.15) is 5.10 Å². The zero-order valence-electron chi connectivity index (χ0n) is 11.2. The van der Waals surface area contributed by atoms with E-state index in [0.29, 0.717) is 0 Å². The zero-order chi connectivity index (χ0) is 14.2. The summed E-state index contributed by atoms with van der Waals surface area (Å²) in [7, 11) is 1.95. The van der Waals surface area contributed by atoms with Crippen LogP contribution in [0.2, 0.25) is 0 Å². The first-order chi connectivity index (χ1) is 8.90. The normalized spacial score (nSPS) is 12.7. The molecule has 0 aliphatic rings. The van der Waals surface area contributed by atoms with Gasteiger partial charge in [0.15, 0.2) is 0 Å². The van der Waals surface area contributed by atoms with Crippen LogP contribution >= 0.6 is 31.9 Å². The summed E-state index contributed by atoms with van der Waals surface area (Å²) in [4.78, 5) is 0. The van der Waals surface area contributed by atoms with Crippen LogP contribution in [0.3, 0.4) is 0 Å². The fraction of sp³-hybridized carbons (Fsp3) is 0.357. The van der Waals surface area contributed by atoms with Crippen molar-refractivity contribution in [1.82, 2.24) is 9.78 Å². The summed E-state index contributed by atoms with van der Waals surface area (Å²) in [6.45, 7) is 4.06. The first kappa shape index (κ1) is 14.8. The van der Waals surface area contributed by atoms with E-state index in [2.05, 4.69) is 56.0 Å². The van der Waals surface area contributed by atoms with Gasteiger partial charge in [0.25, 0.3) is 0 Å². The Bertz CT molecular complexity index is 605. The summed E-state index contributed by atoms with van der Waals surface area (Å²) < 4.78 is 4.00. The molecule has 1 atom stereocenters. The maximum atomic E-state index is 6.35. The van der Waals surface area contributed by atoms with Gasteiger partial charge in [-0.1, -0.05) is 33.6 Å². The summed E-state index contributed by atoms with van der Waals surface area (Å²) in [5.74, 6) is 0. The van der Waals surface area contributed by atoms with Crippen molar-refractivity contribution in [3.63, 3.8) is 0 Å². The summed E-state index contributed by atoms with van der Waals surface area (Å²) in [5, 5.41) is 4.40. The molecule has 1 aromatic carbocycles. The van der Waals surface area contributed by atoms with Crippen LogP contribution in [0.5, 0.6) is 0 Å². The third-order valence-electron chi connectivity index (χ3n) is 3.23. The van der Waals surface area contributed by atoms with Crippen molar-refractivity contribution >= 4 is 31.9 Å². The molecule has 0 spiro atoms. The average molecular weight is 387 g/mol. The van der Waals surface area contributed by atoms with Crippen LogP contribution in [0.25, 0.3) is 0 Å². The second-order valence-corrected chi connectivity index (χ2v) is 6.45. The van der Waals surface area contributed by atoms with Crippen molar-refractivity contribution in [3.8, 4) is 0 Å². The first-order valence-electron chi connectivity index (χ1n) is 6.09. The van der Waals surface area contributed by atoms with Crippen LogP contribution < -0.4 is 5.73 Å². The third kappa shape index (κ3) is 3.09. The Labute approximate surface area is 130 Å². The van der Waals surface area contributed by atoms with Gasteiger partial charge in [-0.15, -0.1) is 0 Å². The van der Waals surface area contributed by atoms with Crippen LogP contribution in [0, 0.1) is 13.8 Å². The lowest BCUT2D eigenvalue weighted by Crippen LogP contribution is -2.16. The van der Waals surface area contributed by atoms with Gasteiger partial charge in [0.2, 0.25) is 0 Å². The first-order valence-corrected chi connectivity index (χ1v) is 7.68. The number of benzene rings is 1. The molecule has 2 aromatic rings. The molecule has 2 N–H and O–H groups in total. The molecule has 5 heteroatoms. The van der Waals surface area contributed by atoms with Crippen LogP contribution in [0.1, 0.15) is 28.6 Å². The van der Waals surface area contributed by atoms with Gasteiger partial charge in [-0.25, -0.2) is 0 Å². The lowest BCUT2D eigenvalue weighted by molar-refractivity contribution is 0.636. The quantitative estimate of drug-likeness (QED) is 0.871. The van der Waals surface area contributed by atoms with Crippen LogP contribution in [-0.4, -0.2) is 9.78 Å². The molecule has 0 bridgehead atoms. The van der Waals surface area contributed by atoms with Gasteiger partial charge in [-0.05, 0) is 41.4 Å². The number of halogens is 2. The van der Waals surface area contributed by atoms with E-state index in [1.807, 2.05) is 24.7 Å². The number of aryl methyl sites for hydroxylation is 3. The molecule has 1 unspecified atom stereocenters. The van der Waals surface area contributed by atoms with Gasteiger partial charge in [0.1, 0.15) is 0 Å². The lowest BCUT2D eigenvalue weighted by atomic mass is 10.0. The molecule has 0 aliphatic carbocycles. The summed E-state index contributed by atoms with van der Waals surface area (Å²) in [5.41, 5.74) is 10.8. The van der Waals surface area contributed by atoms with Crippen molar-refractivity contribution in [2.45, 2.75) is 26.3 Å². The minimum atomic E-state index is -0.0552. The molecular formula is C14H17Br2N3. The van der Waals surface area contributed by atoms with Crippen LogP contribution in [0.15, 0.2) is 27.1 Å². The number of rotatable bonds is 3. The van der Waals surface area contributed by atoms with E-state index in [9.17, 15) is 0 Å². The highest BCUT2D eigenvalue weighted by molar-refractivity contribution is 9.10. The Hall–Kier alpha value is -0.650. The second kappa shape index (κ2) is 5.77. The molecule has 1 aromatic heterocycles. The van der Waals surface area contributed by atoms with E-state index in [0.717, 1.165) is 32.3 Å². The SMILES string of the molecule is Cc1ccc(Br)c(C(N)Cc2c(Br)c(C)nn2C)c1. The summed E-state index contributed by atoms with van der Waals surface area (Å²) in [6, 6.07) is 6.20. The Balaban J connectivity index is 2.30. The molecule has 0 saturated heterocycles. The highest BCUT2D eigenvalue weighted by Crippen LogP contribution is 2.28. The minimum Gasteiger partial charge on any atom is -0.324 e. The van der Waals surface area contributed by atoms with Crippen molar-refractivity contribution in [3.05, 3.63) is 49.7 Å². The second-order valence-electron chi connectivity index (χ2n) is 4.81. The van der Waals surface area contributed by atoms with Crippen molar-refractivity contribution in [1.29, 1.82) is 0 Å². The highest BCUT2D eigenvalue weighted by Gasteiger charge is 2.17. The molecule has 102 valence electrons. The van der Waals surface area contributed by atoms with Crippen LogP contribution in [0.4, 0.5) is 0 Å². The Morgan fingerprint density at radius 2 is 2.00 bits per heavy atom. The van der Waals surface area contributed by atoms with E-state index in [-0.39, 0.29) is 6.04 Å². The third-order valence-corrected chi connectivity index (χ3v) is 4.98. The van der Waals surface area contributed by atoms with Gasteiger partial charge in [-0.3, -0.25) is 4.68 Å². The molecule has 1 heterocycles. The predicted molar refractivity (Wildman–Crippen MR) is 85.2 cm³/mol. The average Bonchev–Trinajstić information content (AvgIpc) is 2.59. The number of nitrogens with zero attached hydrogens (tertiary/aromatic N) is 2. The Morgan fingerprint density at radius 1 is 1.32 bits per heavy atom. The number of hydrogen-bond acceptors (Lipinski definition) is 2. The van der Waals surface area contributed by atoms with E-state index >= 15 is 0 Å². The molecule has 2 rings (SSSR count). The summed E-state index contributed by atoms with van der Waals surface area (Å²) >= 11 is 7.16. The molecular weight excluding hydrogens is 370 g/mol. The molecule has 0 aliphatic heterocycles. The molecule has 0 saturated carbocycles. The molecule has 19 heavy (non-hydrogen) atoms. The molecule has 0 fully saturated rings. The maximum absolute atomic E-state index is 6.35. The number of nitrogens with two attached hydrogens (primary N) is 1. The van der Waals surface area contributed by atoms with E-state index in [1.165, 1.54) is 5.56 Å². The fourth-order valence-electron chi connectivity index (χ4n) is 2.17. The molecule has 3 nitrogen and oxygen atoms in total.